The zero-order chi connectivity index (χ0) is 14.4. The van der Waals surface area contributed by atoms with Crippen LogP contribution < -0.4 is 0 Å². The predicted molar refractivity (Wildman–Crippen MR) is 83.6 cm³/mol. The van der Waals surface area contributed by atoms with Crippen molar-refractivity contribution in [3.05, 3.63) is 24.4 Å². The van der Waals surface area contributed by atoms with Gasteiger partial charge in [0.05, 0.1) is 6.10 Å². The van der Waals surface area contributed by atoms with Crippen LogP contribution in [0.5, 0.6) is 0 Å². The fraction of sp³-hybridized carbons (Fsp3) is 0.571. The summed E-state index contributed by atoms with van der Waals surface area (Å²) in [6, 6.07) is 6.02. The molecule has 1 aromatic rings. The third kappa shape index (κ3) is 4.40. The molecule has 0 bridgehead atoms. The van der Waals surface area contributed by atoms with Crippen molar-refractivity contribution in [3.8, 4) is 0 Å². The maximum Gasteiger partial charge on any atom is 0.223 e. The fourth-order valence-corrected chi connectivity index (χ4v) is 4.21. The van der Waals surface area contributed by atoms with E-state index in [1.54, 1.807) is 27.8 Å². The van der Waals surface area contributed by atoms with Gasteiger partial charge in [0.1, 0.15) is 5.03 Å². The summed E-state index contributed by atoms with van der Waals surface area (Å²) in [5, 5.41) is 10.6. The van der Waals surface area contributed by atoms with Crippen LogP contribution in [0.2, 0.25) is 0 Å². The molecule has 1 saturated heterocycles. The number of rotatable bonds is 6. The highest BCUT2D eigenvalue weighted by Gasteiger charge is 2.32. The minimum atomic E-state index is -0.348. The van der Waals surface area contributed by atoms with Gasteiger partial charge in [0, 0.05) is 31.0 Å². The largest absolute Gasteiger partial charge is 0.391 e. The van der Waals surface area contributed by atoms with Gasteiger partial charge in [-0.2, -0.15) is 0 Å². The van der Waals surface area contributed by atoms with Crippen molar-refractivity contribution in [1.29, 1.82) is 0 Å². The van der Waals surface area contributed by atoms with Gasteiger partial charge in [-0.3, -0.25) is 4.79 Å². The van der Waals surface area contributed by atoms with Crippen molar-refractivity contribution in [1.82, 2.24) is 9.88 Å². The number of aromatic nitrogens is 1. The van der Waals surface area contributed by atoms with Crippen molar-refractivity contribution in [2.24, 2.45) is 0 Å². The third-order valence-corrected chi connectivity index (χ3v) is 5.63. The first-order valence-corrected chi connectivity index (χ1v) is 9.20. The zero-order valence-electron chi connectivity index (χ0n) is 11.6. The second-order valence-electron chi connectivity index (χ2n) is 4.82. The number of amides is 1. The minimum Gasteiger partial charge on any atom is -0.391 e. The second kappa shape index (κ2) is 7.90. The van der Waals surface area contributed by atoms with Crippen LogP contribution in [-0.4, -0.2) is 45.3 Å². The maximum atomic E-state index is 12.1. The van der Waals surface area contributed by atoms with Gasteiger partial charge in [-0.05, 0) is 35.8 Å². The molecular weight excluding hydrogens is 292 g/mol. The molecule has 0 unspecified atom stereocenters. The normalized spacial score (nSPS) is 22.2. The first kappa shape index (κ1) is 15.7. The number of carbonyl (C=O) groups is 1. The van der Waals surface area contributed by atoms with E-state index in [0.717, 1.165) is 23.6 Å². The molecule has 4 nitrogen and oxygen atoms in total. The van der Waals surface area contributed by atoms with Crippen LogP contribution in [0.4, 0.5) is 0 Å². The summed E-state index contributed by atoms with van der Waals surface area (Å²) in [6.07, 6.45) is 3.58. The molecule has 2 rings (SSSR count). The van der Waals surface area contributed by atoms with E-state index >= 15 is 0 Å². The predicted octanol–water partition coefficient (Wildman–Crippen LogP) is 2.58. The Balaban J connectivity index is 1.70. The van der Waals surface area contributed by atoms with E-state index in [0.29, 0.717) is 13.0 Å². The summed E-state index contributed by atoms with van der Waals surface area (Å²) in [5.41, 5.74) is 0. The molecule has 0 aliphatic carbocycles. The quantitative estimate of drug-likeness (QED) is 0.646. The van der Waals surface area contributed by atoms with Crippen molar-refractivity contribution < 1.29 is 9.90 Å². The monoisotopic (exact) mass is 312 g/mol. The first-order chi connectivity index (χ1) is 9.70. The zero-order valence-corrected chi connectivity index (χ0v) is 13.2. The number of aliphatic hydroxyl groups is 1. The number of likely N-dealkylation sites (tertiary alicyclic amines) is 1. The van der Waals surface area contributed by atoms with Crippen molar-refractivity contribution in [3.63, 3.8) is 0 Å². The lowest BCUT2D eigenvalue weighted by Gasteiger charge is -2.23. The third-order valence-electron chi connectivity index (χ3n) is 3.37. The molecule has 110 valence electrons. The summed E-state index contributed by atoms with van der Waals surface area (Å²) in [6.45, 7) is 2.56. The van der Waals surface area contributed by atoms with E-state index < -0.39 is 0 Å². The lowest BCUT2D eigenvalue weighted by atomic mass is 10.1. The summed E-state index contributed by atoms with van der Waals surface area (Å²) in [5.74, 6) is 0.922. The molecule has 0 saturated carbocycles. The Morgan fingerprint density at radius 1 is 1.55 bits per heavy atom. The van der Waals surface area contributed by atoms with Gasteiger partial charge in [-0.1, -0.05) is 23.8 Å². The molecule has 6 heteroatoms. The molecule has 20 heavy (non-hydrogen) atoms. The molecule has 2 atom stereocenters. The highest BCUT2D eigenvalue weighted by molar-refractivity contribution is 8.76. The van der Waals surface area contributed by atoms with Crippen LogP contribution in [-0.2, 0) is 4.79 Å². The summed E-state index contributed by atoms with van der Waals surface area (Å²) in [4.78, 5) is 18.2. The Bertz CT molecular complexity index is 430. The number of nitrogens with zero attached hydrogens (tertiary/aromatic N) is 2. The summed E-state index contributed by atoms with van der Waals surface area (Å²) < 4.78 is 0. The number of β-amino-alcohol motifs (C(OH)–C–C–N with tert-alkyl or cyclic N) is 1. The molecule has 1 aliphatic heterocycles. The Labute approximate surface area is 127 Å². The Morgan fingerprint density at radius 2 is 2.40 bits per heavy atom. The molecular formula is C14H20N2O2S2. The smallest absolute Gasteiger partial charge is 0.223 e. The van der Waals surface area contributed by atoms with Gasteiger partial charge >= 0.3 is 0 Å². The Kier molecular flexibility index (Phi) is 6.19. The fourth-order valence-electron chi connectivity index (χ4n) is 2.36. The number of pyridine rings is 1. The highest BCUT2D eigenvalue weighted by Crippen LogP contribution is 2.30. The van der Waals surface area contributed by atoms with Crippen LogP contribution >= 0.6 is 21.6 Å². The van der Waals surface area contributed by atoms with Gasteiger partial charge in [0.15, 0.2) is 0 Å². The van der Waals surface area contributed by atoms with Crippen LogP contribution in [0.3, 0.4) is 0 Å². The molecule has 0 radical (unpaired) electrons. The lowest BCUT2D eigenvalue weighted by Crippen LogP contribution is -2.35. The number of hydrogen-bond donors (Lipinski definition) is 1. The van der Waals surface area contributed by atoms with E-state index in [9.17, 15) is 9.90 Å². The van der Waals surface area contributed by atoms with Gasteiger partial charge in [-0.15, -0.1) is 0 Å². The van der Waals surface area contributed by atoms with Crippen molar-refractivity contribution in [2.45, 2.75) is 43.4 Å². The van der Waals surface area contributed by atoms with E-state index in [1.165, 1.54) is 0 Å². The Hall–Kier alpha value is -0.720. The van der Waals surface area contributed by atoms with Crippen molar-refractivity contribution in [2.75, 3.05) is 12.3 Å². The molecule has 1 N–H and O–H groups in total. The second-order valence-corrected chi connectivity index (χ2v) is 7.26. The van der Waals surface area contributed by atoms with Crippen molar-refractivity contribution >= 4 is 27.5 Å². The van der Waals surface area contributed by atoms with Gasteiger partial charge < -0.3 is 10.0 Å². The van der Waals surface area contributed by atoms with E-state index in [1.807, 2.05) is 23.1 Å². The van der Waals surface area contributed by atoms with Crippen LogP contribution in [0.1, 0.15) is 26.2 Å². The topological polar surface area (TPSA) is 53.4 Å². The van der Waals surface area contributed by atoms with E-state index in [2.05, 4.69) is 11.9 Å². The van der Waals surface area contributed by atoms with E-state index in [4.69, 9.17) is 0 Å². The lowest BCUT2D eigenvalue weighted by molar-refractivity contribution is -0.131. The average Bonchev–Trinajstić information content (AvgIpc) is 2.86. The average molecular weight is 312 g/mol. The molecule has 0 spiro atoms. The molecule has 1 amide bonds. The maximum absolute atomic E-state index is 12.1. The molecule has 2 heterocycles. The SMILES string of the molecule is CC[C@@H]1C[C@@H](O)CN1C(=O)CCSSc1ccccn1. The van der Waals surface area contributed by atoms with Gasteiger partial charge in [-0.25, -0.2) is 4.98 Å². The molecule has 0 aromatic carbocycles. The number of carbonyl (C=O) groups excluding carboxylic acids is 1. The van der Waals surface area contributed by atoms with Gasteiger partial charge in [0.25, 0.3) is 0 Å². The summed E-state index contributed by atoms with van der Waals surface area (Å²) in [7, 11) is 3.24. The van der Waals surface area contributed by atoms with Gasteiger partial charge in [0.2, 0.25) is 5.91 Å². The number of aliphatic hydroxyl groups excluding tert-OH is 1. The molecule has 1 aliphatic rings. The Morgan fingerprint density at radius 3 is 3.10 bits per heavy atom. The first-order valence-electron chi connectivity index (χ1n) is 6.88. The number of hydrogen-bond acceptors (Lipinski definition) is 5. The van der Waals surface area contributed by atoms with Crippen LogP contribution in [0, 0.1) is 0 Å². The minimum absolute atomic E-state index is 0.155. The van der Waals surface area contributed by atoms with E-state index in [-0.39, 0.29) is 18.1 Å². The molecule has 1 aromatic heterocycles. The summed E-state index contributed by atoms with van der Waals surface area (Å²) >= 11 is 0. The molecule has 1 fully saturated rings. The van der Waals surface area contributed by atoms with Crippen LogP contribution in [0.15, 0.2) is 29.4 Å². The van der Waals surface area contributed by atoms with Crippen LogP contribution in [0.25, 0.3) is 0 Å². The standard InChI is InChI=1S/C14H20N2O2S2/c1-2-11-9-12(17)10-16(11)14(18)6-8-19-20-13-5-3-4-7-15-13/h3-5,7,11-12,17H,2,6,8-10H2,1H3/t11-,12-/m1/s1. The highest BCUT2D eigenvalue weighted by atomic mass is 33.1.